The lowest BCUT2D eigenvalue weighted by Crippen LogP contribution is -2.37. The van der Waals surface area contributed by atoms with Crippen LogP contribution in [0, 0.1) is 0 Å². The highest BCUT2D eigenvalue weighted by Gasteiger charge is 2.29. The predicted molar refractivity (Wildman–Crippen MR) is 79.9 cm³/mol. The molecule has 1 aliphatic rings. The van der Waals surface area contributed by atoms with E-state index in [0.29, 0.717) is 11.6 Å². The molecule has 0 bridgehead atoms. The fourth-order valence-electron chi connectivity index (χ4n) is 2.49. The van der Waals surface area contributed by atoms with Crippen LogP contribution in [0.25, 0.3) is 0 Å². The second kappa shape index (κ2) is 7.62. The van der Waals surface area contributed by atoms with Gasteiger partial charge in [0, 0.05) is 24.7 Å². The van der Waals surface area contributed by atoms with E-state index in [0.717, 1.165) is 38.2 Å². The van der Waals surface area contributed by atoms with E-state index in [-0.39, 0.29) is 12.0 Å². The van der Waals surface area contributed by atoms with Gasteiger partial charge in [-0.3, -0.25) is 4.90 Å². The molecule has 1 unspecified atom stereocenters. The van der Waals surface area contributed by atoms with Crippen molar-refractivity contribution in [2.75, 3.05) is 32.8 Å². The Morgan fingerprint density at radius 3 is 2.80 bits per heavy atom. The second-order valence-corrected chi connectivity index (χ2v) is 5.28. The van der Waals surface area contributed by atoms with Crippen molar-refractivity contribution in [1.82, 2.24) is 10.2 Å². The van der Waals surface area contributed by atoms with Crippen molar-refractivity contribution in [2.24, 2.45) is 0 Å². The van der Waals surface area contributed by atoms with Crippen molar-refractivity contribution in [3.8, 4) is 0 Å². The van der Waals surface area contributed by atoms with Crippen LogP contribution < -0.4 is 5.32 Å². The van der Waals surface area contributed by atoms with Gasteiger partial charge in [-0.2, -0.15) is 0 Å². The molecule has 20 heavy (non-hydrogen) atoms. The molecular weight excluding hydrogens is 276 g/mol. The van der Waals surface area contributed by atoms with Crippen LogP contribution in [0.1, 0.15) is 24.9 Å². The normalized spacial score (nSPS) is 18.3. The Morgan fingerprint density at radius 2 is 2.10 bits per heavy atom. The second-order valence-electron chi connectivity index (χ2n) is 4.85. The zero-order valence-corrected chi connectivity index (χ0v) is 12.5. The van der Waals surface area contributed by atoms with Gasteiger partial charge < -0.3 is 10.1 Å². The molecule has 0 aromatic heterocycles. The quantitative estimate of drug-likeness (QED) is 0.865. The summed E-state index contributed by atoms with van der Waals surface area (Å²) < 4.78 is 5.25. The molecule has 1 aromatic carbocycles. The van der Waals surface area contributed by atoms with Gasteiger partial charge in [-0.05, 0) is 37.6 Å². The fourth-order valence-corrected chi connectivity index (χ4v) is 2.61. The van der Waals surface area contributed by atoms with Crippen molar-refractivity contribution in [3.05, 3.63) is 34.9 Å². The number of hydrogen-bond acceptors (Lipinski definition) is 4. The molecule has 5 heteroatoms. The summed E-state index contributed by atoms with van der Waals surface area (Å²) in [6, 6.07) is 7.11. The zero-order chi connectivity index (χ0) is 14.4. The van der Waals surface area contributed by atoms with Gasteiger partial charge >= 0.3 is 5.97 Å². The summed E-state index contributed by atoms with van der Waals surface area (Å²) >= 11 is 5.93. The van der Waals surface area contributed by atoms with Gasteiger partial charge in [-0.15, -0.1) is 0 Å². The van der Waals surface area contributed by atoms with Crippen molar-refractivity contribution >= 4 is 17.6 Å². The highest BCUT2D eigenvalue weighted by atomic mass is 35.5. The lowest BCUT2D eigenvalue weighted by molar-refractivity contribution is -0.149. The van der Waals surface area contributed by atoms with Crippen LogP contribution in [0.5, 0.6) is 0 Å². The van der Waals surface area contributed by atoms with Gasteiger partial charge in [0.15, 0.2) is 0 Å². The van der Waals surface area contributed by atoms with E-state index in [9.17, 15) is 4.79 Å². The Hall–Kier alpha value is -1.10. The summed E-state index contributed by atoms with van der Waals surface area (Å²) in [4.78, 5) is 14.5. The minimum atomic E-state index is -0.341. The number of nitrogens with one attached hydrogen (secondary N) is 1. The molecule has 0 saturated carbocycles. The Bertz CT molecular complexity index is 428. The Labute approximate surface area is 125 Å². The van der Waals surface area contributed by atoms with Crippen LogP contribution in [0.4, 0.5) is 0 Å². The van der Waals surface area contributed by atoms with Gasteiger partial charge in [0.25, 0.3) is 0 Å². The summed E-state index contributed by atoms with van der Waals surface area (Å²) in [5, 5.41) is 4.02. The Morgan fingerprint density at radius 1 is 1.35 bits per heavy atom. The first kappa shape index (κ1) is 15.3. The molecule has 2 rings (SSSR count). The van der Waals surface area contributed by atoms with E-state index in [1.165, 1.54) is 0 Å². The van der Waals surface area contributed by atoms with Crippen molar-refractivity contribution in [2.45, 2.75) is 19.4 Å². The number of hydrogen-bond donors (Lipinski definition) is 1. The number of halogens is 1. The first-order valence-electron chi connectivity index (χ1n) is 7.09. The van der Waals surface area contributed by atoms with Gasteiger partial charge in [0.05, 0.1) is 6.61 Å². The number of benzene rings is 1. The van der Waals surface area contributed by atoms with Crippen LogP contribution >= 0.6 is 11.6 Å². The third-order valence-electron chi connectivity index (χ3n) is 3.44. The minimum Gasteiger partial charge on any atom is -0.465 e. The number of carbonyl (C=O) groups excluding carboxylic acids is 1. The third-order valence-corrected chi connectivity index (χ3v) is 3.69. The number of ether oxygens (including phenoxy) is 1. The topological polar surface area (TPSA) is 41.6 Å². The number of carbonyl (C=O) groups is 1. The van der Waals surface area contributed by atoms with Gasteiger partial charge in [-0.1, -0.05) is 23.7 Å². The molecule has 0 aliphatic carbocycles. The van der Waals surface area contributed by atoms with Crippen LogP contribution in [-0.4, -0.2) is 43.7 Å². The van der Waals surface area contributed by atoms with Crippen LogP contribution in [0.15, 0.2) is 24.3 Å². The van der Waals surface area contributed by atoms with Crippen molar-refractivity contribution in [1.29, 1.82) is 0 Å². The molecule has 110 valence electrons. The largest absolute Gasteiger partial charge is 0.465 e. The Balaban J connectivity index is 2.23. The molecule has 1 aromatic rings. The van der Waals surface area contributed by atoms with Crippen molar-refractivity contribution < 1.29 is 9.53 Å². The smallest absolute Gasteiger partial charge is 0.328 e. The van der Waals surface area contributed by atoms with Crippen molar-refractivity contribution in [3.63, 3.8) is 0 Å². The molecule has 1 saturated heterocycles. The lowest BCUT2D eigenvalue weighted by atomic mass is 10.1. The van der Waals surface area contributed by atoms with E-state index < -0.39 is 0 Å². The molecule has 1 N–H and O–H groups in total. The number of nitrogens with zero attached hydrogens (tertiary/aromatic N) is 1. The zero-order valence-electron chi connectivity index (χ0n) is 11.8. The molecule has 1 aliphatic heterocycles. The lowest BCUT2D eigenvalue weighted by Gasteiger charge is -2.28. The van der Waals surface area contributed by atoms with E-state index in [2.05, 4.69) is 10.2 Å². The van der Waals surface area contributed by atoms with Gasteiger partial charge in [0.1, 0.15) is 6.04 Å². The van der Waals surface area contributed by atoms with Gasteiger partial charge in [0.2, 0.25) is 0 Å². The van der Waals surface area contributed by atoms with Gasteiger partial charge in [-0.25, -0.2) is 4.79 Å². The average molecular weight is 297 g/mol. The van der Waals surface area contributed by atoms with E-state index >= 15 is 0 Å². The average Bonchev–Trinajstić information content (AvgIpc) is 2.71. The maximum atomic E-state index is 12.3. The third kappa shape index (κ3) is 3.95. The minimum absolute atomic E-state index is 0.184. The van der Waals surface area contributed by atoms with E-state index in [1.54, 1.807) is 0 Å². The molecule has 0 radical (unpaired) electrons. The van der Waals surface area contributed by atoms with Crippen LogP contribution in [0.2, 0.25) is 5.02 Å². The summed E-state index contributed by atoms with van der Waals surface area (Å²) in [5.74, 6) is -0.184. The molecule has 1 heterocycles. The molecule has 0 spiro atoms. The predicted octanol–water partition coefficient (Wildman–Crippen LogP) is 2.24. The Kier molecular flexibility index (Phi) is 5.83. The first-order valence-corrected chi connectivity index (χ1v) is 7.47. The molecule has 0 amide bonds. The molecule has 1 fully saturated rings. The highest BCUT2D eigenvalue weighted by molar-refractivity contribution is 6.30. The summed E-state index contributed by atoms with van der Waals surface area (Å²) in [6.07, 6.45) is 1.03. The summed E-state index contributed by atoms with van der Waals surface area (Å²) in [5.41, 5.74) is 0.940. The molecular formula is C15H21ClN2O2. The highest BCUT2D eigenvalue weighted by Crippen LogP contribution is 2.24. The summed E-state index contributed by atoms with van der Waals surface area (Å²) in [7, 11) is 0. The number of rotatable bonds is 4. The maximum Gasteiger partial charge on any atom is 0.328 e. The standard InChI is InChI=1S/C15H21ClN2O2/c1-2-20-15(19)14(12-4-6-13(16)7-5-12)18-10-3-8-17-9-11-18/h4-7,14,17H,2-3,8-11H2,1H3. The molecule has 4 nitrogen and oxygen atoms in total. The fraction of sp³-hybridized carbons (Fsp3) is 0.533. The number of esters is 1. The van der Waals surface area contributed by atoms with E-state index in [1.807, 2.05) is 31.2 Å². The summed E-state index contributed by atoms with van der Waals surface area (Å²) in [6.45, 7) is 5.84. The van der Waals surface area contributed by atoms with Crippen LogP contribution in [-0.2, 0) is 9.53 Å². The van der Waals surface area contributed by atoms with E-state index in [4.69, 9.17) is 16.3 Å². The van der Waals surface area contributed by atoms with Crippen LogP contribution in [0.3, 0.4) is 0 Å². The first-order chi connectivity index (χ1) is 9.72. The maximum absolute atomic E-state index is 12.3. The molecule has 1 atom stereocenters. The monoisotopic (exact) mass is 296 g/mol. The SMILES string of the molecule is CCOC(=O)C(c1ccc(Cl)cc1)N1CCCNCC1.